The van der Waals surface area contributed by atoms with E-state index in [0.717, 1.165) is 29.7 Å². The fourth-order valence-electron chi connectivity index (χ4n) is 2.10. The number of ether oxygens (including phenoxy) is 1. The molecule has 2 N–H and O–H groups in total. The molecule has 1 unspecified atom stereocenters. The van der Waals surface area contributed by atoms with Gasteiger partial charge in [0.05, 0.1) is 0 Å². The lowest BCUT2D eigenvalue weighted by atomic mass is 10.0. The minimum Gasteiger partial charge on any atom is -0.424 e. The van der Waals surface area contributed by atoms with Crippen LogP contribution in [-0.2, 0) is 6.42 Å². The summed E-state index contributed by atoms with van der Waals surface area (Å²) in [6, 6.07) is 8.50. The number of benzene rings is 1. The molecule has 0 bridgehead atoms. The van der Waals surface area contributed by atoms with Gasteiger partial charge in [-0.15, -0.1) is 0 Å². The van der Waals surface area contributed by atoms with Crippen LogP contribution in [-0.4, -0.2) is 16.0 Å². The molecule has 0 fully saturated rings. The zero-order valence-electron chi connectivity index (χ0n) is 12.9. The summed E-state index contributed by atoms with van der Waals surface area (Å²) < 4.78 is 5.80. The zero-order chi connectivity index (χ0) is 15.2. The van der Waals surface area contributed by atoms with E-state index >= 15 is 0 Å². The van der Waals surface area contributed by atoms with Crippen LogP contribution in [0, 0.1) is 0 Å². The molecule has 2 aromatic rings. The number of hydrogen-bond donors (Lipinski definition) is 1. The van der Waals surface area contributed by atoms with Crippen LogP contribution in [0.4, 0.5) is 0 Å². The van der Waals surface area contributed by atoms with Crippen LogP contribution in [0.25, 0.3) is 0 Å². The van der Waals surface area contributed by atoms with Gasteiger partial charge in [-0.2, -0.15) is 0 Å². The van der Waals surface area contributed by atoms with Gasteiger partial charge in [0.2, 0.25) is 0 Å². The van der Waals surface area contributed by atoms with Crippen LogP contribution >= 0.6 is 0 Å². The highest BCUT2D eigenvalue weighted by Gasteiger charge is 2.09. The number of nitrogens with two attached hydrogens (primary N) is 1. The molecule has 0 aliphatic carbocycles. The van der Waals surface area contributed by atoms with Crippen molar-refractivity contribution in [1.29, 1.82) is 0 Å². The van der Waals surface area contributed by atoms with Crippen molar-refractivity contribution < 1.29 is 4.74 Å². The monoisotopic (exact) mass is 285 g/mol. The fraction of sp³-hybridized carbons (Fsp3) is 0.412. The number of hydrogen-bond acceptors (Lipinski definition) is 4. The van der Waals surface area contributed by atoms with E-state index in [9.17, 15) is 0 Å². The van der Waals surface area contributed by atoms with E-state index in [2.05, 4.69) is 36.8 Å². The highest BCUT2D eigenvalue weighted by atomic mass is 16.5. The second kappa shape index (κ2) is 7.18. The van der Waals surface area contributed by atoms with Gasteiger partial charge in [0.25, 0.3) is 0 Å². The first kappa shape index (κ1) is 15.4. The number of rotatable bonds is 6. The number of para-hydroxylation sites is 1. The van der Waals surface area contributed by atoms with Gasteiger partial charge in [0, 0.05) is 18.4 Å². The van der Waals surface area contributed by atoms with Gasteiger partial charge < -0.3 is 10.5 Å². The van der Waals surface area contributed by atoms with Crippen LogP contribution in [0.1, 0.15) is 44.2 Å². The Bertz CT molecular complexity index is 567. The molecule has 0 aliphatic heterocycles. The van der Waals surface area contributed by atoms with Crippen molar-refractivity contribution in [3.05, 3.63) is 47.8 Å². The van der Waals surface area contributed by atoms with E-state index in [1.165, 1.54) is 0 Å². The Morgan fingerprint density at radius 2 is 1.81 bits per heavy atom. The topological polar surface area (TPSA) is 61.0 Å². The molecular weight excluding hydrogens is 262 g/mol. The molecule has 1 atom stereocenters. The third kappa shape index (κ3) is 4.26. The smallest absolute Gasteiger partial charge is 0.321 e. The molecule has 2 rings (SSSR count). The Hall–Kier alpha value is -1.94. The van der Waals surface area contributed by atoms with Crippen molar-refractivity contribution in [2.24, 2.45) is 5.73 Å². The molecule has 21 heavy (non-hydrogen) atoms. The Labute approximate surface area is 126 Å². The predicted molar refractivity (Wildman–Crippen MR) is 84.6 cm³/mol. The van der Waals surface area contributed by atoms with Crippen molar-refractivity contribution in [3.63, 3.8) is 0 Å². The molecule has 4 heteroatoms. The molecule has 0 amide bonds. The van der Waals surface area contributed by atoms with E-state index < -0.39 is 0 Å². The summed E-state index contributed by atoms with van der Waals surface area (Å²) in [6.45, 7) is 6.35. The van der Waals surface area contributed by atoms with Crippen LogP contribution in [0.2, 0.25) is 0 Å². The Morgan fingerprint density at radius 3 is 2.43 bits per heavy atom. The molecule has 0 radical (unpaired) electrons. The lowest BCUT2D eigenvalue weighted by Gasteiger charge is -2.12. The lowest BCUT2D eigenvalue weighted by Crippen LogP contribution is -2.21. The molecule has 0 saturated carbocycles. The van der Waals surface area contributed by atoms with Crippen LogP contribution in [0.3, 0.4) is 0 Å². The summed E-state index contributed by atoms with van der Waals surface area (Å²) in [5.74, 6) is 1.20. The van der Waals surface area contributed by atoms with E-state index in [0.29, 0.717) is 11.9 Å². The van der Waals surface area contributed by atoms with Crippen molar-refractivity contribution in [1.82, 2.24) is 9.97 Å². The van der Waals surface area contributed by atoms with E-state index in [1.807, 2.05) is 18.2 Å². The molecule has 0 saturated heterocycles. The first-order valence-corrected chi connectivity index (χ1v) is 7.43. The highest BCUT2D eigenvalue weighted by Crippen LogP contribution is 2.28. The largest absolute Gasteiger partial charge is 0.424 e. The second-order valence-corrected chi connectivity index (χ2v) is 5.54. The van der Waals surface area contributed by atoms with Gasteiger partial charge in [-0.25, -0.2) is 9.97 Å². The molecular formula is C17H23N3O. The molecule has 1 aromatic carbocycles. The molecule has 112 valence electrons. The van der Waals surface area contributed by atoms with Crippen molar-refractivity contribution >= 4 is 0 Å². The summed E-state index contributed by atoms with van der Waals surface area (Å²) in [4.78, 5) is 8.55. The Kier molecular flexibility index (Phi) is 5.28. The normalized spacial score (nSPS) is 12.4. The van der Waals surface area contributed by atoms with Gasteiger partial charge in [-0.1, -0.05) is 39.0 Å². The van der Waals surface area contributed by atoms with Gasteiger partial charge >= 0.3 is 6.01 Å². The first-order chi connectivity index (χ1) is 10.1. The molecule has 1 aromatic heterocycles. The summed E-state index contributed by atoms with van der Waals surface area (Å²) in [5.41, 5.74) is 8.12. The Morgan fingerprint density at radius 1 is 1.14 bits per heavy atom. The molecule has 1 heterocycles. The maximum atomic E-state index is 5.93. The second-order valence-electron chi connectivity index (χ2n) is 5.54. The maximum Gasteiger partial charge on any atom is 0.321 e. The quantitative estimate of drug-likeness (QED) is 0.879. The number of aromatic nitrogens is 2. The highest BCUT2D eigenvalue weighted by molar-refractivity contribution is 5.37. The van der Waals surface area contributed by atoms with E-state index in [-0.39, 0.29) is 6.04 Å². The molecule has 4 nitrogen and oxygen atoms in total. The maximum absolute atomic E-state index is 5.93. The summed E-state index contributed by atoms with van der Waals surface area (Å²) in [7, 11) is 0. The van der Waals surface area contributed by atoms with Gasteiger partial charge in [0.15, 0.2) is 0 Å². The van der Waals surface area contributed by atoms with E-state index in [1.54, 1.807) is 12.4 Å². The van der Waals surface area contributed by atoms with E-state index in [4.69, 9.17) is 10.5 Å². The third-order valence-electron chi connectivity index (χ3n) is 3.45. The average molecular weight is 285 g/mol. The minimum atomic E-state index is 0.155. The van der Waals surface area contributed by atoms with Gasteiger partial charge in [0.1, 0.15) is 5.75 Å². The van der Waals surface area contributed by atoms with Crippen LogP contribution in [0.5, 0.6) is 11.8 Å². The van der Waals surface area contributed by atoms with Gasteiger partial charge in [-0.3, -0.25) is 0 Å². The van der Waals surface area contributed by atoms with Crippen molar-refractivity contribution in [3.8, 4) is 11.8 Å². The van der Waals surface area contributed by atoms with Crippen molar-refractivity contribution in [2.45, 2.75) is 45.6 Å². The lowest BCUT2D eigenvalue weighted by molar-refractivity contribution is 0.433. The van der Waals surface area contributed by atoms with Crippen LogP contribution < -0.4 is 10.5 Å². The predicted octanol–water partition coefficient (Wildman–Crippen LogP) is 3.67. The van der Waals surface area contributed by atoms with Crippen LogP contribution in [0.15, 0.2) is 36.7 Å². The first-order valence-electron chi connectivity index (χ1n) is 7.43. The third-order valence-corrected chi connectivity index (χ3v) is 3.45. The Balaban J connectivity index is 2.10. The standard InChI is InChI=1S/C17H23N3O/c1-4-14(18)9-13-10-19-17(20-11-13)21-16-8-6-5-7-15(16)12(2)3/h5-8,10-12,14H,4,9,18H2,1-3H3. The minimum absolute atomic E-state index is 0.155. The average Bonchev–Trinajstić information content (AvgIpc) is 2.49. The fourth-order valence-corrected chi connectivity index (χ4v) is 2.10. The SMILES string of the molecule is CCC(N)Cc1cnc(Oc2ccccc2C(C)C)nc1. The van der Waals surface area contributed by atoms with Crippen molar-refractivity contribution in [2.75, 3.05) is 0 Å². The molecule has 0 spiro atoms. The zero-order valence-corrected chi connectivity index (χ0v) is 12.9. The molecule has 0 aliphatic rings. The summed E-state index contributed by atoms with van der Waals surface area (Å²) in [5, 5.41) is 0. The van der Waals surface area contributed by atoms with Gasteiger partial charge in [-0.05, 0) is 36.0 Å². The summed E-state index contributed by atoms with van der Waals surface area (Å²) in [6.07, 6.45) is 5.31. The summed E-state index contributed by atoms with van der Waals surface area (Å²) >= 11 is 0. The number of nitrogens with zero attached hydrogens (tertiary/aromatic N) is 2.